The maximum absolute atomic E-state index is 3.62. The second kappa shape index (κ2) is 7.30. The summed E-state index contributed by atoms with van der Waals surface area (Å²) in [4.78, 5) is 2.39. The molecule has 1 aromatic rings. The average molecular weight is 325 g/mol. The van der Waals surface area contributed by atoms with E-state index in [1.54, 1.807) is 0 Å². The van der Waals surface area contributed by atoms with Crippen LogP contribution in [-0.2, 0) is 6.54 Å². The van der Waals surface area contributed by atoms with Crippen LogP contribution in [0.15, 0.2) is 22.7 Å². The predicted molar refractivity (Wildman–Crippen MR) is 86.8 cm³/mol. The van der Waals surface area contributed by atoms with E-state index in [2.05, 4.69) is 58.3 Å². The molecule has 0 heterocycles. The van der Waals surface area contributed by atoms with Crippen LogP contribution in [0.5, 0.6) is 0 Å². The Hall–Kier alpha value is -0.540. The van der Waals surface area contributed by atoms with Gasteiger partial charge in [-0.3, -0.25) is 0 Å². The lowest BCUT2D eigenvalue weighted by molar-refractivity contribution is 0.677. The van der Waals surface area contributed by atoms with Gasteiger partial charge in [-0.15, -0.1) is 0 Å². The highest BCUT2D eigenvalue weighted by Crippen LogP contribution is 2.26. The van der Waals surface area contributed by atoms with Gasteiger partial charge in [0.05, 0.1) is 0 Å². The Labute approximate surface area is 125 Å². The third-order valence-electron chi connectivity index (χ3n) is 3.71. The molecule has 3 heteroatoms. The second-order valence-electron chi connectivity index (χ2n) is 5.56. The molecule has 0 unspecified atom stereocenters. The predicted octanol–water partition coefficient (Wildman–Crippen LogP) is 4.33. The van der Waals surface area contributed by atoms with Crippen molar-refractivity contribution in [2.75, 3.05) is 18.5 Å². The highest BCUT2D eigenvalue weighted by atomic mass is 79.9. The van der Waals surface area contributed by atoms with E-state index >= 15 is 0 Å². The van der Waals surface area contributed by atoms with Crippen LogP contribution >= 0.6 is 15.9 Å². The molecule has 2 nitrogen and oxygen atoms in total. The van der Waals surface area contributed by atoms with Gasteiger partial charge in [0.2, 0.25) is 0 Å². The van der Waals surface area contributed by atoms with Gasteiger partial charge < -0.3 is 10.2 Å². The van der Waals surface area contributed by atoms with Gasteiger partial charge in [0.1, 0.15) is 0 Å². The van der Waals surface area contributed by atoms with Crippen molar-refractivity contribution in [1.29, 1.82) is 0 Å². The largest absolute Gasteiger partial charge is 0.374 e. The molecule has 0 bridgehead atoms. The van der Waals surface area contributed by atoms with Crippen LogP contribution in [0.1, 0.15) is 44.6 Å². The Morgan fingerprint density at radius 1 is 1.32 bits per heavy atom. The van der Waals surface area contributed by atoms with Crippen molar-refractivity contribution in [3.63, 3.8) is 0 Å². The quantitative estimate of drug-likeness (QED) is 0.716. The summed E-state index contributed by atoms with van der Waals surface area (Å²) in [5.41, 5.74) is 2.77. The van der Waals surface area contributed by atoms with E-state index in [1.807, 2.05) is 0 Å². The van der Waals surface area contributed by atoms with E-state index in [0.717, 1.165) is 19.1 Å². The van der Waals surface area contributed by atoms with E-state index < -0.39 is 0 Å². The van der Waals surface area contributed by atoms with Crippen molar-refractivity contribution in [3.05, 3.63) is 28.2 Å². The van der Waals surface area contributed by atoms with Crippen LogP contribution in [-0.4, -0.2) is 19.6 Å². The molecule has 0 atom stereocenters. The van der Waals surface area contributed by atoms with E-state index in [1.165, 1.54) is 47.8 Å². The third kappa shape index (κ3) is 4.81. The van der Waals surface area contributed by atoms with Crippen molar-refractivity contribution < 1.29 is 0 Å². The van der Waals surface area contributed by atoms with Gasteiger partial charge >= 0.3 is 0 Å². The maximum atomic E-state index is 3.62. The Morgan fingerprint density at radius 2 is 2.11 bits per heavy atom. The highest BCUT2D eigenvalue weighted by molar-refractivity contribution is 9.10. The van der Waals surface area contributed by atoms with Gasteiger partial charge in [0.25, 0.3) is 0 Å². The number of hydrogen-bond donors (Lipinski definition) is 1. The summed E-state index contributed by atoms with van der Waals surface area (Å²) in [6.45, 7) is 4.38. The molecule has 19 heavy (non-hydrogen) atoms. The molecule has 0 saturated heterocycles. The van der Waals surface area contributed by atoms with Crippen LogP contribution in [0.25, 0.3) is 0 Å². The molecule has 106 valence electrons. The second-order valence-corrected chi connectivity index (χ2v) is 6.47. The summed E-state index contributed by atoms with van der Waals surface area (Å²) in [5, 5.41) is 3.62. The van der Waals surface area contributed by atoms with Crippen LogP contribution in [0, 0.1) is 0 Å². The molecule has 1 aliphatic carbocycles. The lowest BCUT2D eigenvalue weighted by Gasteiger charge is -2.23. The van der Waals surface area contributed by atoms with Crippen molar-refractivity contribution in [1.82, 2.24) is 5.32 Å². The van der Waals surface area contributed by atoms with E-state index in [9.17, 15) is 0 Å². The minimum absolute atomic E-state index is 0.761. The molecular formula is C16H25BrN2. The Bertz CT molecular complexity index is 402. The number of anilines is 1. The first-order valence-electron chi connectivity index (χ1n) is 7.43. The molecule has 1 saturated carbocycles. The molecule has 0 aromatic heterocycles. The molecule has 0 aliphatic heterocycles. The van der Waals surface area contributed by atoms with Crippen LogP contribution in [0.3, 0.4) is 0 Å². The van der Waals surface area contributed by atoms with Gasteiger partial charge in [-0.25, -0.2) is 0 Å². The van der Waals surface area contributed by atoms with E-state index in [-0.39, 0.29) is 0 Å². The minimum Gasteiger partial charge on any atom is -0.374 e. The standard InChI is InChI=1S/C16H25BrN2/c1-3-4-5-10-19(2)16-9-6-14(17)11-13(16)12-18-15-7-8-15/h6,9,11,15,18H,3-5,7-8,10,12H2,1-2H3. The summed E-state index contributed by atoms with van der Waals surface area (Å²) in [6, 6.07) is 7.39. The van der Waals surface area contributed by atoms with Gasteiger partial charge in [0.15, 0.2) is 0 Å². The first-order valence-corrected chi connectivity index (χ1v) is 8.23. The first-order chi connectivity index (χ1) is 9.20. The fraction of sp³-hybridized carbons (Fsp3) is 0.625. The number of benzene rings is 1. The van der Waals surface area contributed by atoms with E-state index in [4.69, 9.17) is 0 Å². The molecule has 1 N–H and O–H groups in total. The number of unbranched alkanes of at least 4 members (excludes halogenated alkanes) is 2. The summed E-state index contributed by atoms with van der Waals surface area (Å²) in [6.07, 6.45) is 6.56. The van der Waals surface area contributed by atoms with E-state index in [0.29, 0.717) is 0 Å². The smallest absolute Gasteiger partial charge is 0.0410 e. The molecule has 0 radical (unpaired) electrons. The monoisotopic (exact) mass is 324 g/mol. The Balaban J connectivity index is 1.99. The lowest BCUT2D eigenvalue weighted by Crippen LogP contribution is -2.22. The molecule has 2 rings (SSSR count). The normalized spacial score (nSPS) is 14.7. The number of nitrogens with one attached hydrogen (secondary N) is 1. The Morgan fingerprint density at radius 3 is 2.79 bits per heavy atom. The fourth-order valence-electron chi connectivity index (χ4n) is 2.33. The van der Waals surface area contributed by atoms with Gasteiger partial charge in [0, 0.05) is 36.3 Å². The molecular weight excluding hydrogens is 300 g/mol. The van der Waals surface area contributed by atoms with Gasteiger partial charge in [-0.1, -0.05) is 35.7 Å². The summed E-state index contributed by atoms with van der Waals surface area (Å²) in [7, 11) is 2.21. The van der Waals surface area contributed by atoms with Crippen LogP contribution in [0.2, 0.25) is 0 Å². The molecule has 1 fully saturated rings. The van der Waals surface area contributed by atoms with Crippen LogP contribution in [0.4, 0.5) is 5.69 Å². The number of rotatable bonds is 8. The van der Waals surface area contributed by atoms with Crippen molar-refractivity contribution in [2.24, 2.45) is 0 Å². The van der Waals surface area contributed by atoms with Crippen molar-refractivity contribution in [3.8, 4) is 0 Å². The highest BCUT2D eigenvalue weighted by Gasteiger charge is 2.20. The fourth-order valence-corrected chi connectivity index (χ4v) is 2.74. The Kier molecular flexibility index (Phi) is 5.71. The van der Waals surface area contributed by atoms with Crippen LogP contribution < -0.4 is 10.2 Å². The number of hydrogen-bond acceptors (Lipinski definition) is 2. The lowest BCUT2D eigenvalue weighted by atomic mass is 10.1. The van der Waals surface area contributed by atoms with Gasteiger partial charge in [-0.2, -0.15) is 0 Å². The topological polar surface area (TPSA) is 15.3 Å². The number of halogens is 1. The molecule has 0 spiro atoms. The molecule has 1 aliphatic rings. The summed E-state index contributed by atoms with van der Waals surface area (Å²) >= 11 is 3.59. The van der Waals surface area contributed by atoms with Gasteiger partial charge in [-0.05, 0) is 43.0 Å². The minimum atomic E-state index is 0.761. The zero-order valence-electron chi connectivity index (χ0n) is 12.1. The number of nitrogens with zero attached hydrogens (tertiary/aromatic N) is 1. The zero-order valence-corrected chi connectivity index (χ0v) is 13.7. The van der Waals surface area contributed by atoms with Crippen molar-refractivity contribution in [2.45, 2.75) is 51.6 Å². The molecule has 0 amide bonds. The maximum Gasteiger partial charge on any atom is 0.0410 e. The van der Waals surface area contributed by atoms with Crippen molar-refractivity contribution >= 4 is 21.6 Å². The first kappa shape index (κ1) is 14.9. The molecule has 1 aromatic carbocycles. The zero-order chi connectivity index (χ0) is 13.7. The average Bonchev–Trinajstić information content (AvgIpc) is 3.20. The third-order valence-corrected chi connectivity index (χ3v) is 4.20. The summed E-state index contributed by atoms with van der Waals surface area (Å²) < 4.78 is 1.17. The SMILES string of the molecule is CCCCCN(C)c1ccc(Br)cc1CNC1CC1. The summed E-state index contributed by atoms with van der Waals surface area (Å²) in [5.74, 6) is 0.